The lowest BCUT2D eigenvalue weighted by Crippen LogP contribution is -2.39. The number of alkyl halides is 2. The number of imidazole rings is 1. The molecular formula is C26H23ClF2N5O2. The van der Waals surface area contributed by atoms with Gasteiger partial charge in [-0.15, -0.1) is 0 Å². The molecule has 7 nitrogen and oxygen atoms in total. The first-order chi connectivity index (χ1) is 17.4. The Morgan fingerprint density at radius 2 is 1.89 bits per heavy atom. The molecule has 10 heteroatoms. The van der Waals surface area contributed by atoms with Crippen molar-refractivity contribution in [2.75, 3.05) is 0 Å². The van der Waals surface area contributed by atoms with Crippen LogP contribution in [-0.2, 0) is 6.54 Å². The Bertz CT molecular complexity index is 1450. The first-order valence-corrected chi connectivity index (χ1v) is 12.1. The van der Waals surface area contributed by atoms with Gasteiger partial charge in [0.2, 0.25) is 0 Å². The van der Waals surface area contributed by atoms with E-state index in [0.29, 0.717) is 25.2 Å². The second kappa shape index (κ2) is 10.2. The molecule has 1 N–H and O–H groups in total. The standard InChI is InChI=1S/C26H23ClF2N5O2/c27-17-13-19(23(24(28)29)31-14-17)25(35)32-18-10-8-16(9-11-18)15-33-20-5-1-2-6-21(20)34(26(33)36)22-7-3-4-12-30-22/h1-3,5-7,12-14,16,18,24H,8-11,15H2,(H,32,35)/t16-,18-. The maximum Gasteiger partial charge on any atom is 0.334 e. The predicted molar refractivity (Wildman–Crippen MR) is 132 cm³/mol. The van der Waals surface area contributed by atoms with Crippen LogP contribution in [-0.4, -0.2) is 31.1 Å². The van der Waals surface area contributed by atoms with Gasteiger partial charge in [-0.3, -0.25) is 14.3 Å². The van der Waals surface area contributed by atoms with Crippen molar-refractivity contribution in [2.45, 2.75) is 44.7 Å². The second-order valence-corrected chi connectivity index (χ2v) is 9.35. The van der Waals surface area contributed by atoms with Gasteiger partial charge in [-0.05, 0) is 61.9 Å². The van der Waals surface area contributed by atoms with Crippen molar-refractivity contribution in [2.24, 2.45) is 5.92 Å². The maximum absolute atomic E-state index is 13.4. The van der Waals surface area contributed by atoms with Crippen molar-refractivity contribution < 1.29 is 13.6 Å². The van der Waals surface area contributed by atoms with Crippen molar-refractivity contribution >= 4 is 28.5 Å². The number of halogens is 3. The number of benzene rings is 1. The zero-order valence-electron chi connectivity index (χ0n) is 19.2. The molecule has 36 heavy (non-hydrogen) atoms. The summed E-state index contributed by atoms with van der Waals surface area (Å²) in [6, 6.07) is 15.0. The van der Waals surface area contributed by atoms with E-state index in [4.69, 9.17) is 11.6 Å². The van der Waals surface area contributed by atoms with E-state index in [0.717, 1.165) is 30.1 Å². The molecule has 3 aromatic heterocycles. The summed E-state index contributed by atoms with van der Waals surface area (Å²) in [6.07, 6.45) is 2.69. The Balaban J connectivity index is 1.29. The van der Waals surface area contributed by atoms with Crippen LogP contribution in [0.1, 0.15) is 48.2 Å². The van der Waals surface area contributed by atoms with E-state index < -0.39 is 18.0 Å². The topological polar surface area (TPSA) is 81.8 Å². The van der Waals surface area contributed by atoms with Crippen molar-refractivity contribution in [1.82, 2.24) is 24.4 Å². The van der Waals surface area contributed by atoms with Gasteiger partial charge in [-0.2, -0.15) is 0 Å². The molecule has 0 atom stereocenters. The molecule has 1 amide bonds. The first-order valence-electron chi connectivity index (χ1n) is 11.7. The van der Waals surface area contributed by atoms with Crippen LogP contribution in [0.25, 0.3) is 16.9 Å². The van der Waals surface area contributed by atoms with Crippen molar-refractivity contribution in [3.8, 4) is 5.82 Å². The van der Waals surface area contributed by atoms with Crippen molar-refractivity contribution in [1.29, 1.82) is 0 Å². The third-order valence-corrected chi connectivity index (χ3v) is 6.83. The predicted octanol–water partition coefficient (Wildman–Crippen LogP) is 4.96. The number of rotatable bonds is 6. The number of para-hydroxylation sites is 2. The summed E-state index contributed by atoms with van der Waals surface area (Å²) in [5, 5.41) is 2.98. The Morgan fingerprint density at radius 1 is 1.14 bits per heavy atom. The highest BCUT2D eigenvalue weighted by molar-refractivity contribution is 6.30. The number of hydrogen-bond acceptors (Lipinski definition) is 4. The molecule has 0 bridgehead atoms. The quantitative estimate of drug-likeness (QED) is 0.397. The average Bonchev–Trinajstić information content (AvgIpc) is 3.16. The first kappa shape index (κ1) is 24.1. The Morgan fingerprint density at radius 3 is 2.58 bits per heavy atom. The molecule has 4 aromatic rings. The Hall–Kier alpha value is -3.59. The van der Waals surface area contributed by atoms with Gasteiger partial charge in [-0.1, -0.05) is 23.7 Å². The Kier molecular flexibility index (Phi) is 6.82. The van der Waals surface area contributed by atoms with Gasteiger partial charge in [0, 0.05) is 31.0 Å². The minimum absolute atomic E-state index is 0.127. The zero-order valence-corrected chi connectivity index (χ0v) is 20.0. The second-order valence-electron chi connectivity index (χ2n) is 8.91. The molecule has 1 aromatic carbocycles. The molecule has 0 saturated heterocycles. The van der Waals surface area contributed by atoms with Crippen LogP contribution >= 0.6 is 11.6 Å². The monoisotopic (exact) mass is 510 g/mol. The van der Waals surface area contributed by atoms with Gasteiger partial charge in [0.15, 0.2) is 0 Å². The van der Waals surface area contributed by atoms with E-state index in [1.165, 1.54) is 12.3 Å². The lowest BCUT2D eigenvalue weighted by molar-refractivity contribution is 0.0904. The maximum atomic E-state index is 13.4. The molecule has 0 aliphatic heterocycles. The third kappa shape index (κ3) is 4.75. The van der Waals surface area contributed by atoms with Gasteiger partial charge >= 0.3 is 5.69 Å². The summed E-state index contributed by atoms with van der Waals surface area (Å²) in [7, 11) is 0. The van der Waals surface area contributed by atoms with E-state index >= 15 is 0 Å². The molecule has 1 radical (unpaired) electrons. The number of pyridine rings is 2. The lowest BCUT2D eigenvalue weighted by Gasteiger charge is -2.29. The van der Waals surface area contributed by atoms with Crippen LogP contribution in [0, 0.1) is 12.0 Å². The highest BCUT2D eigenvalue weighted by Gasteiger charge is 2.27. The van der Waals surface area contributed by atoms with Gasteiger partial charge in [0.25, 0.3) is 12.3 Å². The van der Waals surface area contributed by atoms with Crippen LogP contribution < -0.4 is 11.0 Å². The van der Waals surface area contributed by atoms with Crippen LogP contribution in [0.3, 0.4) is 0 Å². The average molecular weight is 511 g/mol. The number of hydrogen-bond donors (Lipinski definition) is 1. The SMILES string of the molecule is O=C(N[C@H]1CC[C@H](Cn2c(=O)n(-c3cc[c]cn3)c3ccccc32)CC1)c1cc(Cl)cnc1C(F)F. The molecule has 0 unspecified atom stereocenters. The Labute approximate surface area is 210 Å². The summed E-state index contributed by atoms with van der Waals surface area (Å²) in [4.78, 5) is 34.0. The minimum Gasteiger partial charge on any atom is -0.349 e. The number of carbonyl (C=O) groups is 1. The fourth-order valence-electron chi connectivity index (χ4n) is 4.87. The van der Waals surface area contributed by atoms with E-state index in [1.807, 2.05) is 24.3 Å². The minimum atomic E-state index is -2.87. The van der Waals surface area contributed by atoms with Gasteiger partial charge in [0.1, 0.15) is 11.5 Å². The van der Waals surface area contributed by atoms with Gasteiger partial charge in [0.05, 0.1) is 21.6 Å². The van der Waals surface area contributed by atoms with Crippen LogP contribution in [0.2, 0.25) is 5.02 Å². The molecule has 5 rings (SSSR count). The summed E-state index contributed by atoms with van der Waals surface area (Å²) in [5.41, 5.74) is 0.684. The smallest absolute Gasteiger partial charge is 0.334 e. The number of aromatic nitrogens is 4. The van der Waals surface area contributed by atoms with Gasteiger partial charge < -0.3 is 5.32 Å². The number of nitrogens with one attached hydrogen (secondary N) is 1. The summed E-state index contributed by atoms with van der Waals surface area (Å²) in [5.74, 6) is 0.172. The van der Waals surface area contributed by atoms with Crippen molar-refractivity contribution in [3.05, 3.63) is 87.7 Å². The number of carbonyl (C=O) groups excluding carboxylic acids is 1. The van der Waals surface area contributed by atoms with E-state index in [-0.39, 0.29) is 28.2 Å². The molecule has 1 saturated carbocycles. The molecule has 1 aliphatic carbocycles. The fourth-order valence-corrected chi connectivity index (χ4v) is 5.02. The zero-order chi connectivity index (χ0) is 25.2. The molecular weight excluding hydrogens is 488 g/mol. The number of amides is 1. The normalized spacial score (nSPS) is 18.0. The lowest BCUT2D eigenvalue weighted by atomic mass is 9.85. The summed E-state index contributed by atoms with van der Waals surface area (Å²) < 4.78 is 30.0. The van der Waals surface area contributed by atoms with Crippen molar-refractivity contribution in [3.63, 3.8) is 0 Å². The number of nitrogens with zero attached hydrogens (tertiary/aromatic N) is 4. The van der Waals surface area contributed by atoms with E-state index in [2.05, 4.69) is 21.4 Å². The molecule has 1 aliphatic rings. The summed E-state index contributed by atoms with van der Waals surface area (Å²) >= 11 is 5.88. The fraction of sp³-hybridized carbons (Fsp3) is 0.308. The summed E-state index contributed by atoms with van der Waals surface area (Å²) in [6.45, 7) is 0.541. The van der Waals surface area contributed by atoms with E-state index in [9.17, 15) is 18.4 Å². The molecule has 1 fully saturated rings. The highest BCUT2D eigenvalue weighted by Crippen LogP contribution is 2.28. The molecule has 3 heterocycles. The van der Waals surface area contributed by atoms with Crippen LogP contribution in [0.4, 0.5) is 8.78 Å². The molecule has 185 valence electrons. The van der Waals surface area contributed by atoms with Crippen LogP contribution in [0.15, 0.2) is 59.7 Å². The largest absolute Gasteiger partial charge is 0.349 e. The number of fused-ring (bicyclic) bond motifs is 1. The molecule has 0 spiro atoms. The highest BCUT2D eigenvalue weighted by atomic mass is 35.5. The van der Waals surface area contributed by atoms with Gasteiger partial charge in [-0.25, -0.2) is 23.1 Å². The van der Waals surface area contributed by atoms with Crippen LogP contribution in [0.5, 0.6) is 0 Å². The third-order valence-electron chi connectivity index (χ3n) is 6.62. The van der Waals surface area contributed by atoms with E-state index in [1.54, 1.807) is 21.3 Å².